The Hall–Kier alpha value is -2.40. The van der Waals surface area contributed by atoms with Gasteiger partial charge in [0.1, 0.15) is 5.76 Å². The number of carbonyl (C=O) groups is 2. The second-order valence-electron chi connectivity index (χ2n) is 8.10. The number of ether oxygens (including phenoxy) is 1. The monoisotopic (exact) mass is 464 g/mol. The lowest BCUT2D eigenvalue weighted by molar-refractivity contribution is -0.126. The standard InChI is InChI=1S/C24H31F2N2O3P/c1-5-16(2)21(31-15-24(25,26)32)11-6-8-17(3)28-14-20(22(29)18-9-7-10-18)19(23(28)30)12-13-27-4/h5-6,11-13,17-18H,1,4,7-10,14-15,32H2,2-3H3/b11-6-,13-12-,21-16+. The molecule has 1 fully saturated rings. The molecule has 2 rings (SSSR count). The molecule has 0 aromatic heterocycles. The topological polar surface area (TPSA) is 59.0 Å². The molecule has 174 valence electrons. The van der Waals surface area contributed by atoms with E-state index in [1.807, 2.05) is 6.92 Å². The van der Waals surface area contributed by atoms with Crippen molar-refractivity contribution in [3.63, 3.8) is 0 Å². The van der Waals surface area contributed by atoms with Crippen LogP contribution in [0.5, 0.6) is 0 Å². The molecule has 0 aromatic carbocycles. The van der Waals surface area contributed by atoms with Crippen molar-refractivity contribution in [2.24, 2.45) is 10.9 Å². The number of nitrogens with zero attached hydrogens (tertiary/aromatic N) is 2. The van der Waals surface area contributed by atoms with Crippen molar-refractivity contribution in [2.75, 3.05) is 13.2 Å². The molecule has 2 atom stereocenters. The molecular formula is C24H31F2N2O3P. The van der Waals surface area contributed by atoms with E-state index in [1.165, 1.54) is 21.5 Å². The number of ketones is 1. The number of rotatable bonds is 12. The fourth-order valence-corrected chi connectivity index (χ4v) is 3.54. The molecule has 8 heteroatoms. The van der Waals surface area contributed by atoms with Crippen LogP contribution in [0.25, 0.3) is 0 Å². The minimum atomic E-state index is -3.03. The molecule has 0 radical (unpaired) electrons. The van der Waals surface area contributed by atoms with Gasteiger partial charge in [-0.1, -0.05) is 34.4 Å². The highest BCUT2D eigenvalue weighted by Gasteiger charge is 2.38. The van der Waals surface area contributed by atoms with Crippen molar-refractivity contribution in [3.05, 3.63) is 59.6 Å². The number of amides is 1. The number of allylic oxidation sites excluding steroid dienone is 3. The Kier molecular flexibility index (Phi) is 9.26. The lowest BCUT2D eigenvalue weighted by atomic mass is 9.79. The predicted octanol–water partition coefficient (Wildman–Crippen LogP) is 4.99. The average molecular weight is 464 g/mol. The van der Waals surface area contributed by atoms with Gasteiger partial charge in [0.15, 0.2) is 12.4 Å². The Morgan fingerprint density at radius 1 is 1.44 bits per heavy atom. The van der Waals surface area contributed by atoms with Gasteiger partial charge in [-0.15, -0.1) is 0 Å². The Morgan fingerprint density at radius 2 is 2.12 bits per heavy atom. The van der Waals surface area contributed by atoms with E-state index >= 15 is 0 Å². The second kappa shape index (κ2) is 11.5. The molecule has 1 heterocycles. The van der Waals surface area contributed by atoms with Crippen LogP contribution < -0.4 is 0 Å². The summed E-state index contributed by atoms with van der Waals surface area (Å²) in [5.41, 5.74) is -1.50. The minimum Gasteiger partial charge on any atom is -0.487 e. The summed E-state index contributed by atoms with van der Waals surface area (Å²) in [6.45, 7) is 10.1. The summed E-state index contributed by atoms with van der Waals surface area (Å²) >= 11 is 0. The van der Waals surface area contributed by atoms with Crippen LogP contribution in [0.3, 0.4) is 0 Å². The van der Waals surface area contributed by atoms with Gasteiger partial charge in [0.25, 0.3) is 11.6 Å². The van der Waals surface area contributed by atoms with Gasteiger partial charge in [-0.25, -0.2) is 0 Å². The van der Waals surface area contributed by atoms with Crippen LogP contribution in [-0.2, 0) is 14.3 Å². The summed E-state index contributed by atoms with van der Waals surface area (Å²) in [5, 5.41) is 0. The molecule has 1 aliphatic heterocycles. The van der Waals surface area contributed by atoms with E-state index in [4.69, 9.17) is 4.74 Å². The molecule has 1 aliphatic carbocycles. The number of Topliss-reactive ketones (excluding diaryl/α,β-unsaturated/α-hetero) is 1. The normalized spacial score (nSPS) is 19.4. The third-order valence-electron chi connectivity index (χ3n) is 5.66. The van der Waals surface area contributed by atoms with E-state index in [2.05, 4.69) is 18.3 Å². The summed E-state index contributed by atoms with van der Waals surface area (Å²) in [5.74, 6) is 0.110. The second-order valence-corrected chi connectivity index (χ2v) is 8.95. The number of alkyl halides is 2. The quantitative estimate of drug-likeness (QED) is 0.177. The van der Waals surface area contributed by atoms with E-state index in [0.717, 1.165) is 19.3 Å². The number of halogens is 2. The molecule has 32 heavy (non-hydrogen) atoms. The number of carbonyl (C=O) groups excluding carboxylic acids is 2. The van der Waals surface area contributed by atoms with Crippen LogP contribution in [0.4, 0.5) is 8.78 Å². The van der Waals surface area contributed by atoms with Crippen LogP contribution in [0.1, 0.15) is 39.5 Å². The molecule has 2 aliphatic rings. The molecule has 0 bridgehead atoms. The summed E-state index contributed by atoms with van der Waals surface area (Å²) in [7, 11) is 1.44. The zero-order valence-corrected chi connectivity index (χ0v) is 19.8. The third-order valence-corrected chi connectivity index (χ3v) is 5.82. The number of hydrogen-bond donors (Lipinski definition) is 0. The summed E-state index contributed by atoms with van der Waals surface area (Å²) in [6.07, 6.45) is 11.1. The van der Waals surface area contributed by atoms with E-state index in [-0.39, 0.29) is 30.2 Å². The maximum Gasteiger partial charge on any atom is 0.291 e. The maximum atomic E-state index is 13.1. The van der Waals surface area contributed by atoms with Gasteiger partial charge in [-0.3, -0.25) is 14.6 Å². The van der Waals surface area contributed by atoms with Crippen molar-refractivity contribution in [1.29, 1.82) is 0 Å². The number of aliphatic imine (C=N–C) groups is 1. The minimum absolute atomic E-state index is 0.00498. The summed E-state index contributed by atoms with van der Waals surface area (Å²) in [4.78, 5) is 31.2. The first-order valence-electron chi connectivity index (χ1n) is 10.6. The van der Waals surface area contributed by atoms with Crippen molar-refractivity contribution in [2.45, 2.75) is 51.2 Å². The maximum absolute atomic E-state index is 13.1. The molecule has 0 saturated heterocycles. The van der Waals surface area contributed by atoms with Crippen molar-refractivity contribution in [1.82, 2.24) is 4.90 Å². The Morgan fingerprint density at radius 3 is 2.66 bits per heavy atom. The van der Waals surface area contributed by atoms with Crippen molar-refractivity contribution >= 4 is 27.6 Å². The fraction of sp³-hybridized carbons (Fsp3) is 0.458. The number of hydrogen-bond acceptors (Lipinski definition) is 4. The molecule has 2 unspecified atom stereocenters. The molecule has 0 N–H and O–H groups in total. The largest absolute Gasteiger partial charge is 0.487 e. The van der Waals surface area contributed by atoms with Gasteiger partial charge in [0, 0.05) is 29.3 Å². The van der Waals surface area contributed by atoms with Gasteiger partial charge in [-0.2, -0.15) is 8.78 Å². The van der Waals surface area contributed by atoms with Crippen molar-refractivity contribution < 1.29 is 23.1 Å². The van der Waals surface area contributed by atoms with E-state index in [9.17, 15) is 18.4 Å². The summed E-state index contributed by atoms with van der Waals surface area (Å²) < 4.78 is 31.5. The van der Waals surface area contributed by atoms with Crippen LogP contribution in [-0.4, -0.2) is 48.2 Å². The Bertz CT molecular complexity index is 880. The highest BCUT2D eigenvalue weighted by atomic mass is 31.0. The highest BCUT2D eigenvalue weighted by Crippen LogP contribution is 2.34. The first kappa shape index (κ1) is 25.9. The smallest absolute Gasteiger partial charge is 0.291 e. The SMILES string of the molecule is C=C/C(C)=C(\C=C/CC(C)N1CC(C(=O)C2CCC2)=C(/C=C\N=C)C1=O)OCC(F)(F)P. The highest BCUT2D eigenvalue weighted by molar-refractivity contribution is 7.18. The molecular weight excluding hydrogens is 433 g/mol. The molecule has 5 nitrogen and oxygen atoms in total. The first-order chi connectivity index (χ1) is 15.1. The van der Waals surface area contributed by atoms with Gasteiger partial charge in [0.2, 0.25) is 0 Å². The molecule has 1 amide bonds. The zero-order valence-electron chi connectivity index (χ0n) is 18.7. The van der Waals surface area contributed by atoms with Gasteiger partial charge in [0.05, 0.1) is 6.54 Å². The summed E-state index contributed by atoms with van der Waals surface area (Å²) in [6, 6.07) is -0.209. The van der Waals surface area contributed by atoms with Gasteiger partial charge < -0.3 is 9.64 Å². The van der Waals surface area contributed by atoms with Crippen LogP contribution in [0.15, 0.2) is 64.6 Å². The van der Waals surface area contributed by atoms with Crippen LogP contribution in [0, 0.1) is 5.92 Å². The Labute approximate surface area is 190 Å². The average Bonchev–Trinajstić information content (AvgIpc) is 3.02. The predicted molar refractivity (Wildman–Crippen MR) is 127 cm³/mol. The third kappa shape index (κ3) is 6.80. The van der Waals surface area contributed by atoms with E-state index < -0.39 is 12.3 Å². The lowest BCUT2D eigenvalue weighted by Gasteiger charge is -2.26. The molecule has 0 aromatic rings. The molecule has 1 saturated carbocycles. The Balaban J connectivity index is 2.10. The van der Waals surface area contributed by atoms with Gasteiger partial charge in [-0.05, 0) is 57.6 Å². The lowest BCUT2D eigenvalue weighted by Crippen LogP contribution is -2.36. The zero-order chi connectivity index (χ0) is 23.9. The van der Waals surface area contributed by atoms with Crippen LogP contribution >= 0.6 is 9.24 Å². The molecule has 0 spiro atoms. The van der Waals surface area contributed by atoms with E-state index in [0.29, 0.717) is 28.9 Å². The van der Waals surface area contributed by atoms with Gasteiger partial charge >= 0.3 is 0 Å². The van der Waals surface area contributed by atoms with E-state index in [1.54, 1.807) is 30.1 Å². The van der Waals surface area contributed by atoms with Crippen LogP contribution in [0.2, 0.25) is 0 Å². The first-order valence-corrected chi connectivity index (χ1v) is 11.2. The van der Waals surface area contributed by atoms with Crippen molar-refractivity contribution in [3.8, 4) is 0 Å². The fourth-order valence-electron chi connectivity index (χ4n) is 3.46.